The number of ether oxygens (including phenoxy) is 1. The Morgan fingerprint density at radius 3 is 2.54 bits per heavy atom. The number of aryl methyl sites for hydroxylation is 1. The van der Waals surface area contributed by atoms with E-state index < -0.39 is 0 Å². The number of halogens is 3. The van der Waals surface area contributed by atoms with Gasteiger partial charge in [0.25, 0.3) is 5.91 Å². The Kier molecular flexibility index (Phi) is 7.04. The zero-order valence-corrected chi connectivity index (χ0v) is 18.1. The van der Waals surface area contributed by atoms with E-state index >= 15 is 0 Å². The van der Waals surface area contributed by atoms with Crippen LogP contribution < -0.4 is 10.1 Å². The Morgan fingerprint density at radius 1 is 1.21 bits per heavy atom. The highest BCUT2D eigenvalue weighted by Crippen LogP contribution is 2.34. The minimum absolute atomic E-state index is 0.0553. The van der Waals surface area contributed by atoms with E-state index in [9.17, 15) is 9.59 Å². The van der Waals surface area contributed by atoms with E-state index in [2.05, 4.69) is 10.3 Å². The van der Waals surface area contributed by atoms with Gasteiger partial charge in [-0.3, -0.25) is 9.59 Å². The monoisotopic (exact) mass is 461 g/mol. The molecule has 0 saturated carbocycles. The summed E-state index contributed by atoms with van der Waals surface area (Å²) in [5.74, 6) is -0.0621. The second kappa shape index (κ2) is 9.31. The molecule has 2 aromatic rings. The maximum Gasteiger partial charge on any atom is 0.260 e. The zero-order valence-electron chi connectivity index (χ0n) is 15.0. The second-order valence-corrected chi connectivity index (χ2v) is 8.50. The van der Waals surface area contributed by atoms with Crippen LogP contribution in [-0.2, 0) is 9.59 Å². The molecule has 150 valence electrons. The number of hydrogen-bond donors (Lipinski definition) is 1. The summed E-state index contributed by atoms with van der Waals surface area (Å²) in [6.45, 7) is 2.70. The van der Waals surface area contributed by atoms with E-state index in [0.717, 1.165) is 5.69 Å². The summed E-state index contributed by atoms with van der Waals surface area (Å²) in [6.07, 6.45) is 1.19. The van der Waals surface area contributed by atoms with Crippen molar-refractivity contribution < 1.29 is 14.3 Å². The number of thiazole rings is 1. The lowest BCUT2D eigenvalue weighted by Crippen LogP contribution is -2.43. The number of hydrogen-bond acceptors (Lipinski definition) is 5. The van der Waals surface area contributed by atoms with Crippen LogP contribution in [0.3, 0.4) is 0 Å². The number of piperidine rings is 1. The number of likely N-dealkylation sites (tertiary alicyclic amines) is 1. The summed E-state index contributed by atoms with van der Waals surface area (Å²) in [7, 11) is 0. The summed E-state index contributed by atoms with van der Waals surface area (Å²) in [5.41, 5.74) is 0.878. The third-order valence-electron chi connectivity index (χ3n) is 4.39. The largest absolute Gasteiger partial charge is 0.482 e. The van der Waals surface area contributed by atoms with Crippen molar-refractivity contribution in [3.8, 4) is 5.75 Å². The number of anilines is 1. The van der Waals surface area contributed by atoms with Crippen LogP contribution in [0.25, 0.3) is 0 Å². The molecule has 0 atom stereocenters. The fourth-order valence-corrected chi connectivity index (χ4v) is 4.14. The van der Waals surface area contributed by atoms with E-state index in [1.54, 1.807) is 4.90 Å². The number of carbonyl (C=O) groups is 2. The Morgan fingerprint density at radius 2 is 1.89 bits per heavy atom. The van der Waals surface area contributed by atoms with Gasteiger partial charge in [0.15, 0.2) is 11.7 Å². The highest BCUT2D eigenvalue weighted by atomic mass is 35.5. The third-order valence-corrected chi connectivity index (χ3v) is 6.29. The van der Waals surface area contributed by atoms with E-state index in [1.165, 1.54) is 23.5 Å². The number of amides is 2. The molecule has 2 amide bonds. The van der Waals surface area contributed by atoms with Gasteiger partial charge >= 0.3 is 0 Å². The zero-order chi connectivity index (χ0) is 20.3. The molecular formula is C18H18Cl3N3O3S. The van der Waals surface area contributed by atoms with Crippen molar-refractivity contribution in [2.75, 3.05) is 25.0 Å². The van der Waals surface area contributed by atoms with Crippen molar-refractivity contribution in [3.05, 3.63) is 38.3 Å². The molecule has 1 aromatic carbocycles. The number of nitrogens with one attached hydrogen (secondary N) is 1. The summed E-state index contributed by atoms with van der Waals surface area (Å²) < 4.78 is 5.49. The van der Waals surface area contributed by atoms with E-state index in [4.69, 9.17) is 39.5 Å². The molecule has 1 aliphatic rings. The van der Waals surface area contributed by atoms with Gasteiger partial charge in [-0.1, -0.05) is 34.8 Å². The van der Waals surface area contributed by atoms with Crippen LogP contribution in [0.5, 0.6) is 5.75 Å². The molecule has 1 saturated heterocycles. The molecule has 3 rings (SSSR count). The first-order valence-corrected chi connectivity index (χ1v) is 10.6. The molecule has 6 nitrogen and oxygen atoms in total. The normalized spacial score (nSPS) is 14.8. The topological polar surface area (TPSA) is 71.5 Å². The molecule has 0 aliphatic carbocycles. The number of carbonyl (C=O) groups excluding carboxylic acids is 2. The van der Waals surface area contributed by atoms with Crippen molar-refractivity contribution in [1.82, 2.24) is 9.88 Å². The second-order valence-electron chi connectivity index (χ2n) is 6.42. The highest BCUT2D eigenvalue weighted by Gasteiger charge is 2.28. The molecular weight excluding hydrogens is 445 g/mol. The van der Waals surface area contributed by atoms with Gasteiger partial charge < -0.3 is 15.0 Å². The maximum atomic E-state index is 12.4. The Labute approximate surface area is 181 Å². The Balaban J connectivity index is 1.47. The first-order valence-electron chi connectivity index (χ1n) is 8.61. The molecule has 0 radical (unpaired) electrons. The first-order chi connectivity index (χ1) is 13.3. The van der Waals surface area contributed by atoms with Crippen LogP contribution in [0.2, 0.25) is 15.1 Å². The van der Waals surface area contributed by atoms with Crippen LogP contribution >= 0.6 is 46.1 Å². The first kappa shape index (κ1) is 21.2. The lowest BCUT2D eigenvalue weighted by molar-refractivity contribution is -0.136. The van der Waals surface area contributed by atoms with Gasteiger partial charge in [-0.05, 0) is 25.8 Å². The summed E-state index contributed by atoms with van der Waals surface area (Å²) in [4.78, 5) is 30.7. The fraction of sp³-hybridized carbons (Fsp3) is 0.389. The highest BCUT2D eigenvalue weighted by molar-refractivity contribution is 7.13. The predicted octanol–water partition coefficient (Wildman–Crippen LogP) is 4.67. The van der Waals surface area contributed by atoms with Crippen molar-refractivity contribution >= 4 is 63.1 Å². The Bertz CT molecular complexity index is 882. The maximum absolute atomic E-state index is 12.4. The molecule has 0 bridgehead atoms. The van der Waals surface area contributed by atoms with Gasteiger partial charge in [-0.2, -0.15) is 0 Å². The summed E-state index contributed by atoms with van der Waals surface area (Å²) >= 11 is 19.3. The standard InChI is InChI=1S/C18H18Cl3N3O3S/c1-10-9-28-18(22-10)23-17(26)11-2-4-24(5-3-11)16(25)8-27-15-7-13(20)12(19)6-14(15)21/h6-7,9,11H,2-5,8H2,1H3,(H,22,23,26). The molecule has 1 aliphatic heterocycles. The summed E-state index contributed by atoms with van der Waals surface area (Å²) in [5, 5.41) is 6.24. The number of nitrogens with zero attached hydrogens (tertiary/aromatic N) is 2. The molecule has 1 fully saturated rings. The molecule has 10 heteroatoms. The lowest BCUT2D eigenvalue weighted by atomic mass is 9.96. The van der Waals surface area contributed by atoms with Crippen LogP contribution in [-0.4, -0.2) is 41.4 Å². The minimum atomic E-state index is -0.170. The smallest absolute Gasteiger partial charge is 0.260 e. The van der Waals surface area contributed by atoms with Crippen LogP contribution in [0.1, 0.15) is 18.5 Å². The van der Waals surface area contributed by atoms with Crippen molar-refractivity contribution in [2.45, 2.75) is 19.8 Å². The van der Waals surface area contributed by atoms with Gasteiger partial charge in [0.2, 0.25) is 5.91 Å². The van der Waals surface area contributed by atoms with Crippen LogP contribution in [0.4, 0.5) is 5.13 Å². The van der Waals surface area contributed by atoms with E-state index in [-0.39, 0.29) is 29.4 Å². The fourth-order valence-electron chi connectivity index (χ4n) is 2.86. The van der Waals surface area contributed by atoms with Crippen molar-refractivity contribution in [1.29, 1.82) is 0 Å². The summed E-state index contributed by atoms with van der Waals surface area (Å²) in [6, 6.07) is 2.95. The average Bonchev–Trinajstić information content (AvgIpc) is 3.08. The van der Waals surface area contributed by atoms with E-state index in [0.29, 0.717) is 46.9 Å². The van der Waals surface area contributed by atoms with Crippen LogP contribution in [0.15, 0.2) is 17.5 Å². The van der Waals surface area contributed by atoms with E-state index in [1.807, 2.05) is 12.3 Å². The lowest BCUT2D eigenvalue weighted by Gasteiger charge is -2.31. The minimum Gasteiger partial charge on any atom is -0.482 e. The van der Waals surface area contributed by atoms with Gasteiger partial charge in [0.1, 0.15) is 5.75 Å². The molecule has 0 unspecified atom stereocenters. The number of rotatable bonds is 5. The average molecular weight is 463 g/mol. The molecule has 0 spiro atoms. The quantitative estimate of drug-likeness (QED) is 0.656. The molecule has 1 N–H and O–H groups in total. The van der Waals surface area contributed by atoms with Gasteiger partial charge in [-0.25, -0.2) is 4.98 Å². The number of aromatic nitrogens is 1. The van der Waals surface area contributed by atoms with Crippen molar-refractivity contribution in [2.24, 2.45) is 5.92 Å². The molecule has 1 aromatic heterocycles. The van der Waals surface area contributed by atoms with Crippen LogP contribution in [0, 0.1) is 12.8 Å². The van der Waals surface area contributed by atoms with Gasteiger partial charge in [0.05, 0.1) is 20.8 Å². The molecule has 2 heterocycles. The van der Waals surface area contributed by atoms with Gasteiger partial charge in [0, 0.05) is 30.5 Å². The van der Waals surface area contributed by atoms with Gasteiger partial charge in [-0.15, -0.1) is 11.3 Å². The Hall–Kier alpha value is -1.54. The third kappa shape index (κ3) is 5.29. The number of benzene rings is 1. The predicted molar refractivity (Wildman–Crippen MR) is 112 cm³/mol. The van der Waals surface area contributed by atoms with Crippen molar-refractivity contribution in [3.63, 3.8) is 0 Å². The molecule has 28 heavy (non-hydrogen) atoms. The SMILES string of the molecule is Cc1csc(NC(=O)C2CCN(C(=O)COc3cc(Cl)c(Cl)cc3Cl)CC2)n1.